The highest BCUT2D eigenvalue weighted by Gasteiger charge is 2.19. The molecule has 2 amide bonds. The van der Waals surface area contributed by atoms with Gasteiger partial charge in [-0.3, -0.25) is 19.5 Å². The van der Waals surface area contributed by atoms with Gasteiger partial charge in [-0.25, -0.2) is 13.8 Å². The topological polar surface area (TPSA) is 96.3 Å². The average molecular weight is 468 g/mol. The Morgan fingerprint density at radius 2 is 1.97 bits per heavy atom. The molecule has 0 atom stereocenters. The number of aromatic nitrogens is 2. The summed E-state index contributed by atoms with van der Waals surface area (Å²) in [4.78, 5) is 28.9. The summed E-state index contributed by atoms with van der Waals surface area (Å²) in [5, 5.41) is 14.8. The van der Waals surface area contributed by atoms with E-state index in [1.807, 2.05) is 0 Å². The van der Waals surface area contributed by atoms with Gasteiger partial charge in [0.05, 0.1) is 33.1 Å². The van der Waals surface area contributed by atoms with Gasteiger partial charge in [0, 0.05) is 5.69 Å². The largest absolute Gasteiger partial charge is 0.392 e. The Bertz CT molecular complexity index is 1360. The lowest BCUT2D eigenvalue weighted by molar-refractivity contribution is -0.111. The van der Waals surface area contributed by atoms with Crippen molar-refractivity contribution in [1.29, 1.82) is 0 Å². The van der Waals surface area contributed by atoms with E-state index in [4.69, 9.17) is 0 Å². The van der Waals surface area contributed by atoms with E-state index in [1.54, 1.807) is 47.0 Å². The minimum Gasteiger partial charge on any atom is -0.392 e. The van der Waals surface area contributed by atoms with E-state index >= 15 is 0 Å². The number of aliphatic hydroxyl groups excluding tert-OH is 1. The molecule has 2 aromatic carbocycles. The van der Waals surface area contributed by atoms with Crippen LogP contribution in [-0.4, -0.2) is 26.5 Å². The lowest BCUT2D eigenvalue weighted by Gasteiger charge is -2.12. The standard InChI is InChI=1S/C23H18F2N4O3S/c1-2-20(31)26-14-4-3-5-15(11-14)29-17-7-6-13(12-30)10-16(17)27-23(29)28-22(32)19-9-8-18(33-19)21(24)25/h2-11,21,30H,1,12H2,(H,26,31)(H,27,28,32). The van der Waals surface area contributed by atoms with Crippen LogP contribution in [-0.2, 0) is 11.4 Å². The number of aliphatic hydroxyl groups is 1. The Morgan fingerprint density at radius 3 is 2.67 bits per heavy atom. The van der Waals surface area contributed by atoms with E-state index in [1.165, 1.54) is 12.1 Å². The summed E-state index contributed by atoms with van der Waals surface area (Å²) in [5.74, 6) is -0.803. The second-order valence-electron chi connectivity index (χ2n) is 6.95. The molecule has 0 bridgehead atoms. The molecule has 0 unspecified atom stereocenters. The first-order chi connectivity index (χ1) is 15.9. The average Bonchev–Trinajstić information content (AvgIpc) is 3.43. The SMILES string of the molecule is C=CC(=O)Nc1cccc(-n2c(NC(=O)c3ccc(C(F)F)s3)nc3cc(CO)ccc32)c1. The van der Waals surface area contributed by atoms with Crippen LogP contribution in [0.2, 0.25) is 0 Å². The number of rotatable bonds is 7. The van der Waals surface area contributed by atoms with Crippen LogP contribution in [0.15, 0.2) is 67.3 Å². The molecule has 10 heteroatoms. The molecular formula is C23H18F2N4O3S. The number of thiophene rings is 1. The maximum absolute atomic E-state index is 12.9. The molecule has 3 N–H and O–H groups in total. The number of amides is 2. The van der Waals surface area contributed by atoms with Crippen LogP contribution in [0.1, 0.15) is 26.5 Å². The molecule has 7 nitrogen and oxygen atoms in total. The molecule has 0 fully saturated rings. The molecule has 0 spiro atoms. The number of imidazole rings is 1. The lowest BCUT2D eigenvalue weighted by atomic mass is 10.2. The number of benzene rings is 2. The number of alkyl halides is 2. The van der Waals surface area contributed by atoms with E-state index in [9.17, 15) is 23.5 Å². The lowest BCUT2D eigenvalue weighted by Crippen LogP contribution is -2.14. The summed E-state index contributed by atoms with van der Waals surface area (Å²) in [6.45, 7) is 3.25. The molecule has 168 valence electrons. The van der Waals surface area contributed by atoms with Crippen molar-refractivity contribution in [2.45, 2.75) is 13.0 Å². The number of fused-ring (bicyclic) bond motifs is 1. The molecule has 33 heavy (non-hydrogen) atoms. The van der Waals surface area contributed by atoms with Gasteiger partial charge in [-0.2, -0.15) is 0 Å². The van der Waals surface area contributed by atoms with E-state index in [0.29, 0.717) is 39.3 Å². The van der Waals surface area contributed by atoms with Gasteiger partial charge in [0.25, 0.3) is 12.3 Å². The predicted octanol–water partition coefficient (Wildman–Crippen LogP) is 4.89. The van der Waals surface area contributed by atoms with Crippen molar-refractivity contribution in [1.82, 2.24) is 9.55 Å². The van der Waals surface area contributed by atoms with Crippen LogP contribution < -0.4 is 10.6 Å². The number of nitrogens with one attached hydrogen (secondary N) is 2. The first-order valence-electron chi connectivity index (χ1n) is 9.75. The summed E-state index contributed by atoms with van der Waals surface area (Å²) in [6, 6.07) is 14.6. The van der Waals surface area contributed by atoms with Crippen LogP contribution in [0.5, 0.6) is 0 Å². The first-order valence-corrected chi connectivity index (χ1v) is 10.6. The number of hydrogen-bond donors (Lipinski definition) is 3. The van der Waals surface area contributed by atoms with Crippen molar-refractivity contribution in [3.05, 3.63) is 82.6 Å². The van der Waals surface area contributed by atoms with E-state index in [2.05, 4.69) is 22.2 Å². The van der Waals surface area contributed by atoms with Crippen LogP contribution in [0.4, 0.5) is 20.4 Å². The van der Waals surface area contributed by atoms with Gasteiger partial charge in [-0.05, 0) is 54.1 Å². The number of nitrogens with zero attached hydrogens (tertiary/aromatic N) is 2. The summed E-state index contributed by atoms with van der Waals surface area (Å²) in [7, 11) is 0. The second-order valence-corrected chi connectivity index (χ2v) is 8.07. The molecule has 0 aliphatic carbocycles. The Labute approximate surface area is 191 Å². The van der Waals surface area contributed by atoms with Gasteiger partial charge < -0.3 is 10.4 Å². The van der Waals surface area contributed by atoms with E-state index < -0.39 is 12.3 Å². The molecule has 0 aliphatic heterocycles. The van der Waals surface area contributed by atoms with Gasteiger partial charge in [-0.15, -0.1) is 11.3 Å². The maximum Gasteiger partial charge on any atom is 0.272 e. The van der Waals surface area contributed by atoms with Crippen molar-refractivity contribution < 1.29 is 23.5 Å². The highest BCUT2D eigenvalue weighted by molar-refractivity contribution is 7.14. The number of hydrogen-bond acceptors (Lipinski definition) is 5. The highest BCUT2D eigenvalue weighted by Crippen LogP contribution is 2.30. The van der Waals surface area contributed by atoms with Crippen molar-refractivity contribution in [3.8, 4) is 5.69 Å². The molecule has 2 aromatic heterocycles. The third-order valence-corrected chi connectivity index (χ3v) is 5.84. The Kier molecular flexibility index (Phi) is 6.29. The van der Waals surface area contributed by atoms with Crippen LogP contribution in [0.3, 0.4) is 0 Å². The molecular weight excluding hydrogens is 450 g/mol. The minimum atomic E-state index is -2.66. The fourth-order valence-electron chi connectivity index (χ4n) is 3.24. The molecule has 0 radical (unpaired) electrons. The fraction of sp³-hybridized carbons (Fsp3) is 0.0870. The van der Waals surface area contributed by atoms with Crippen molar-refractivity contribution in [3.63, 3.8) is 0 Å². The third kappa shape index (κ3) is 4.66. The van der Waals surface area contributed by atoms with E-state index in [-0.39, 0.29) is 28.2 Å². The van der Waals surface area contributed by atoms with Crippen molar-refractivity contribution in [2.75, 3.05) is 10.6 Å². The number of halogens is 2. The molecule has 4 rings (SSSR count). The molecule has 4 aromatic rings. The Hall–Kier alpha value is -3.89. The minimum absolute atomic E-state index is 0.118. The normalized spacial score (nSPS) is 11.0. The molecule has 0 aliphatic rings. The zero-order valence-corrected chi connectivity index (χ0v) is 17.9. The summed E-state index contributed by atoms with van der Waals surface area (Å²) in [6.07, 6.45) is -1.51. The smallest absolute Gasteiger partial charge is 0.272 e. The first kappa shape index (κ1) is 22.3. The Balaban J connectivity index is 1.78. The van der Waals surface area contributed by atoms with Crippen LogP contribution in [0.25, 0.3) is 16.7 Å². The van der Waals surface area contributed by atoms with Gasteiger partial charge in [0.15, 0.2) is 0 Å². The number of carbonyl (C=O) groups is 2. The van der Waals surface area contributed by atoms with E-state index in [0.717, 1.165) is 6.08 Å². The molecule has 0 saturated heterocycles. The van der Waals surface area contributed by atoms with Crippen LogP contribution >= 0.6 is 11.3 Å². The van der Waals surface area contributed by atoms with Crippen molar-refractivity contribution in [2.24, 2.45) is 0 Å². The maximum atomic E-state index is 12.9. The number of carbonyl (C=O) groups excluding carboxylic acids is 2. The van der Waals surface area contributed by atoms with Gasteiger partial charge in [-0.1, -0.05) is 18.7 Å². The molecule has 0 saturated carbocycles. The second kappa shape index (κ2) is 9.31. The predicted molar refractivity (Wildman–Crippen MR) is 123 cm³/mol. The summed E-state index contributed by atoms with van der Waals surface area (Å²) in [5.41, 5.74) is 2.87. The third-order valence-electron chi connectivity index (χ3n) is 4.75. The molecule has 2 heterocycles. The summed E-state index contributed by atoms with van der Waals surface area (Å²) >= 11 is 0.706. The quantitative estimate of drug-likeness (QED) is 0.337. The van der Waals surface area contributed by atoms with Gasteiger partial charge in [0.1, 0.15) is 0 Å². The van der Waals surface area contributed by atoms with Gasteiger partial charge >= 0.3 is 0 Å². The zero-order chi connectivity index (χ0) is 23.5. The number of anilines is 2. The Morgan fingerprint density at radius 1 is 1.15 bits per heavy atom. The zero-order valence-electron chi connectivity index (χ0n) is 17.1. The van der Waals surface area contributed by atoms with Gasteiger partial charge in [0.2, 0.25) is 11.9 Å². The van der Waals surface area contributed by atoms with Crippen molar-refractivity contribution >= 4 is 45.8 Å². The summed E-state index contributed by atoms with van der Waals surface area (Å²) < 4.78 is 27.5. The van der Waals surface area contributed by atoms with Crippen LogP contribution in [0, 0.1) is 0 Å². The monoisotopic (exact) mass is 468 g/mol. The fourth-order valence-corrected chi connectivity index (χ4v) is 4.00. The highest BCUT2D eigenvalue weighted by atomic mass is 32.1.